The topological polar surface area (TPSA) is 0 Å². The van der Waals surface area contributed by atoms with Crippen LogP contribution in [-0.2, 0) is 0 Å². The third kappa shape index (κ3) is 6.02. The summed E-state index contributed by atoms with van der Waals surface area (Å²) in [6, 6.07) is 78.9. The van der Waals surface area contributed by atoms with E-state index >= 15 is 0 Å². The Hall–Kier alpha value is -6.76. The molecule has 244 valence electrons. The molecule has 0 aromatic heterocycles. The lowest BCUT2D eigenvalue weighted by atomic mass is 9.69. The summed E-state index contributed by atoms with van der Waals surface area (Å²) in [5.74, 6) is 0. The first kappa shape index (κ1) is 31.2. The van der Waals surface area contributed by atoms with Crippen LogP contribution in [0, 0.1) is 0 Å². The van der Waals surface area contributed by atoms with Crippen molar-refractivity contribution in [3.8, 4) is 44.5 Å². The average Bonchev–Trinajstić information content (AvgIpc) is 3.23. The van der Waals surface area contributed by atoms with Crippen LogP contribution in [0.25, 0.3) is 66.8 Å². The smallest absolute Gasteiger partial charge is 0.00139 e. The molecular formula is C52H36. The molecule has 1 aliphatic carbocycles. The lowest BCUT2D eigenvalue weighted by molar-refractivity contribution is 1.50. The maximum absolute atomic E-state index is 2.30. The molecule has 0 saturated heterocycles. The van der Waals surface area contributed by atoms with E-state index in [2.05, 4.69) is 218 Å². The van der Waals surface area contributed by atoms with Gasteiger partial charge in [-0.2, -0.15) is 0 Å². The first-order valence-corrected chi connectivity index (χ1v) is 17.9. The van der Waals surface area contributed by atoms with E-state index in [-0.39, 0.29) is 0 Å². The Morgan fingerprint density at radius 3 is 0.423 bits per heavy atom. The van der Waals surface area contributed by atoms with Gasteiger partial charge in [-0.3, -0.25) is 0 Å². The van der Waals surface area contributed by atoms with Crippen molar-refractivity contribution in [2.75, 3.05) is 0 Å². The Bertz CT molecular complexity index is 2130. The van der Waals surface area contributed by atoms with Crippen molar-refractivity contribution >= 4 is 22.3 Å². The summed E-state index contributed by atoms with van der Waals surface area (Å²) in [5, 5.41) is 0. The number of hydrogen-bond donors (Lipinski definition) is 0. The second-order valence-electron chi connectivity index (χ2n) is 13.3. The van der Waals surface area contributed by atoms with E-state index in [1.807, 2.05) is 0 Å². The summed E-state index contributed by atoms with van der Waals surface area (Å²) in [5.41, 5.74) is 19.7. The van der Waals surface area contributed by atoms with Gasteiger partial charge in [0.2, 0.25) is 0 Å². The van der Waals surface area contributed by atoms with Crippen LogP contribution in [0.1, 0.15) is 22.3 Å². The highest BCUT2D eigenvalue weighted by atomic mass is 14.4. The molecule has 0 radical (unpaired) electrons. The molecule has 52 heavy (non-hydrogen) atoms. The van der Waals surface area contributed by atoms with Gasteiger partial charge in [-0.05, 0) is 89.1 Å². The highest BCUT2D eigenvalue weighted by Gasteiger charge is 2.33. The van der Waals surface area contributed by atoms with E-state index in [0.29, 0.717) is 0 Å². The third-order valence-corrected chi connectivity index (χ3v) is 10.1. The van der Waals surface area contributed by atoms with E-state index in [9.17, 15) is 0 Å². The minimum absolute atomic E-state index is 1.22. The van der Waals surface area contributed by atoms with Crippen LogP contribution in [0.15, 0.2) is 218 Å². The van der Waals surface area contributed by atoms with Crippen molar-refractivity contribution in [3.63, 3.8) is 0 Å². The highest BCUT2D eigenvalue weighted by molar-refractivity contribution is 6.43. The van der Waals surface area contributed by atoms with Crippen LogP contribution in [-0.4, -0.2) is 0 Å². The molecule has 0 spiro atoms. The van der Waals surface area contributed by atoms with Crippen molar-refractivity contribution in [2.45, 2.75) is 0 Å². The Balaban J connectivity index is 1.21. The maximum Gasteiger partial charge on any atom is -0.00139 e. The number of hydrogen-bond acceptors (Lipinski definition) is 0. The Morgan fingerprint density at radius 1 is 0.115 bits per heavy atom. The van der Waals surface area contributed by atoms with Gasteiger partial charge in [-0.25, -0.2) is 0 Å². The Labute approximate surface area is 306 Å². The van der Waals surface area contributed by atoms with E-state index < -0.39 is 0 Å². The lowest BCUT2D eigenvalue weighted by Crippen LogP contribution is -2.10. The molecule has 8 aromatic rings. The summed E-state index contributed by atoms with van der Waals surface area (Å²) in [4.78, 5) is 0. The van der Waals surface area contributed by atoms with Crippen LogP contribution in [0.5, 0.6) is 0 Å². The molecule has 0 heterocycles. The molecule has 0 amide bonds. The zero-order valence-electron chi connectivity index (χ0n) is 28.8. The van der Waals surface area contributed by atoms with Gasteiger partial charge in [-0.15, -0.1) is 0 Å². The molecule has 0 unspecified atom stereocenters. The molecule has 0 heteroatoms. The SMILES string of the molecule is c1ccc(-c2ccc(C3=C(c4ccc(-c5ccccc5)cc4)C(c4ccc(-c5ccccc5)cc4)=C3c3ccc(-c4ccccc4)cc3)cc2)cc1. The molecule has 8 aromatic carbocycles. The van der Waals surface area contributed by atoms with E-state index in [1.165, 1.54) is 89.1 Å². The van der Waals surface area contributed by atoms with E-state index in [4.69, 9.17) is 0 Å². The fraction of sp³-hybridized carbons (Fsp3) is 0. The Kier molecular flexibility index (Phi) is 8.33. The number of benzene rings is 8. The van der Waals surface area contributed by atoms with Gasteiger partial charge in [0.05, 0.1) is 0 Å². The molecule has 0 N–H and O–H groups in total. The van der Waals surface area contributed by atoms with Gasteiger partial charge in [0.25, 0.3) is 0 Å². The second kappa shape index (κ2) is 13.9. The molecule has 1 aliphatic rings. The van der Waals surface area contributed by atoms with Crippen molar-refractivity contribution < 1.29 is 0 Å². The van der Waals surface area contributed by atoms with Crippen LogP contribution >= 0.6 is 0 Å². The molecule has 0 aliphatic heterocycles. The first-order chi connectivity index (χ1) is 25.8. The van der Waals surface area contributed by atoms with E-state index in [0.717, 1.165) is 0 Å². The molecular weight excluding hydrogens is 625 g/mol. The second-order valence-corrected chi connectivity index (χ2v) is 13.3. The van der Waals surface area contributed by atoms with E-state index in [1.54, 1.807) is 0 Å². The molecule has 0 atom stereocenters. The number of rotatable bonds is 8. The summed E-state index contributed by atoms with van der Waals surface area (Å²) < 4.78 is 0. The Morgan fingerprint density at radius 2 is 0.250 bits per heavy atom. The van der Waals surface area contributed by atoms with Crippen molar-refractivity contribution in [3.05, 3.63) is 241 Å². The van der Waals surface area contributed by atoms with Gasteiger partial charge in [-0.1, -0.05) is 218 Å². The molecule has 0 nitrogen and oxygen atoms in total. The minimum Gasteiger partial charge on any atom is -0.0622 e. The van der Waals surface area contributed by atoms with Crippen molar-refractivity contribution in [2.24, 2.45) is 0 Å². The fourth-order valence-corrected chi connectivity index (χ4v) is 7.43. The van der Waals surface area contributed by atoms with Crippen molar-refractivity contribution in [1.29, 1.82) is 0 Å². The van der Waals surface area contributed by atoms with Crippen LogP contribution in [0.2, 0.25) is 0 Å². The molecule has 0 fully saturated rings. The fourth-order valence-electron chi connectivity index (χ4n) is 7.43. The summed E-state index contributed by atoms with van der Waals surface area (Å²) in [7, 11) is 0. The largest absolute Gasteiger partial charge is 0.0622 e. The predicted molar refractivity (Wildman–Crippen MR) is 221 cm³/mol. The standard InChI is InChI=1S/C52H36/c1-5-13-37(14-6-1)41-21-29-45(30-22-41)49-50(46-31-23-42(24-32-46)38-15-7-2-8-16-38)52(48-35-27-44(28-36-48)40-19-11-4-12-20-40)51(49)47-33-25-43(26-34-47)39-17-9-3-10-18-39/h1-36H. The molecule has 0 bridgehead atoms. The first-order valence-electron chi connectivity index (χ1n) is 17.9. The summed E-state index contributed by atoms with van der Waals surface area (Å²) >= 11 is 0. The maximum atomic E-state index is 2.30. The highest BCUT2D eigenvalue weighted by Crippen LogP contribution is 2.56. The van der Waals surface area contributed by atoms with Gasteiger partial charge in [0, 0.05) is 0 Å². The van der Waals surface area contributed by atoms with Gasteiger partial charge in [0.15, 0.2) is 0 Å². The predicted octanol–water partition coefficient (Wildman–Crippen LogP) is 13.9. The number of allylic oxidation sites excluding steroid dienone is 4. The van der Waals surface area contributed by atoms with Crippen LogP contribution < -0.4 is 0 Å². The zero-order chi connectivity index (χ0) is 34.7. The summed E-state index contributed by atoms with van der Waals surface area (Å²) in [6.45, 7) is 0. The van der Waals surface area contributed by atoms with Crippen LogP contribution in [0.4, 0.5) is 0 Å². The van der Waals surface area contributed by atoms with Gasteiger partial charge < -0.3 is 0 Å². The van der Waals surface area contributed by atoms with Crippen molar-refractivity contribution in [1.82, 2.24) is 0 Å². The monoisotopic (exact) mass is 660 g/mol. The third-order valence-electron chi connectivity index (χ3n) is 10.1. The average molecular weight is 661 g/mol. The van der Waals surface area contributed by atoms with Crippen LogP contribution in [0.3, 0.4) is 0 Å². The summed E-state index contributed by atoms with van der Waals surface area (Å²) in [6.07, 6.45) is 0. The zero-order valence-corrected chi connectivity index (χ0v) is 28.8. The normalized spacial score (nSPS) is 12.5. The lowest BCUT2D eigenvalue weighted by Gasteiger charge is -2.33. The minimum atomic E-state index is 1.22. The van der Waals surface area contributed by atoms with Gasteiger partial charge >= 0.3 is 0 Å². The quantitative estimate of drug-likeness (QED) is 0.152. The molecule has 0 saturated carbocycles. The van der Waals surface area contributed by atoms with Gasteiger partial charge in [0.1, 0.15) is 0 Å². The molecule has 9 rings (SSSR count).